The van der Waals surface area contributed by atoms with Gasteiger partial charge in [-0.15, -0.1) is 0 Å². The van der Waals surface area contributed by atoms with Gasteiger partial charge in [0.15, 0.2) is 0 Å². The summed E-state index contributed by atoms with van der Waals surface area (Å²) in [5, 5.41) is 3.36. The third-order valence-corrected chi connectivity index (χ3v) is 3.03. The van der Waals surface area contributed by atoms with E-state index >= 15 is 0 Å². The summed E-state index contributed by atoms with van der Waals surface area (Å²) < 4.78 is 0. The molecule has 0 aliphatic heterocycles. The molecule has 4 heteroatoms. The first-order valence-electron chi connectivity index (χ1n) is 6.95. The van der Waals surface area contributed by atoms with Crippen molar-refractivity contribution in [3.63, 3.8) is 0 Å². The topological polar surface area (TPSA) is 41.1 Å². The lowest BCUT2D eigenvalue weighted by molar-refractivity contribution is 0.680. The molecule has 1 aromatic rings. The Bertz CT molecular complexity index is 359. The van der Waals surface area contributed by atoms with Gasteiger partial charge in [-0.1, -0.05) is 20.8 Å². The quantitative estimate of drug-likeness (QED) is 0.807. The van der Waals surface area contributed by atoms with Gasteiger partial charge in [0.25, 0.3) is 0 Å². The van der Waals surface area contributed by atoms with Crippen molar-refractivity contribution in [2.24, 2.45) is 0 Å². The van der Waals surface area contributed by atoms with Crippen molar-refractivity contribution in [2.75, 3.05) is 24.5 Å². The Kier molecular flexibility index (Phi) is 6.05. The van der Waals surface area contributed by atoms with E-state index in [-0.39, 0.29) is 0 Å². The standard InChI is InChI=1S/C14H26N4/c1-6-15-9-12-13(18(7-2)8-3)10-16-14(17-12)11(4)5/h10-11,15H,6-9H2,1-5H3. The molecule has 1 N–H and O–H groups in total. The predicted molar refractivity (Wildman–Crippen MR) is 77.1 cm³/mol. The van der Waals surface area contributed by atoms with E-state index in [1.165, 1.54) is 0 Å². The molecule has 1 rings (SSSR count). The second kappa shape index (κ2) is 7.31. The fraction of sp³-hybridized carbons (Fsp3) is 0.714. The maximum atomic E-state index is 4.71. The maximum Gasteiger partial charge on any atom is 0.131 e. The van der Waals surface area contributed by atoms with E-state index in [0.717, 1.165) is 43.4 Å². The lowest BCUT2D eigenvalue weighted by Crippen LogP contribution is -2.26. The third kappa shape index (κ3) is 3.67. The van der Waals surface area contributed by atoms with Crippen LogP contribution < -0.4 is 10.2 Å². The Morgan fingerprint density at radius 2 is 1.89 bits per heavy atom. The van der Waals surface area contributed by atoms with Crippen molar-refractivity contribution in [1.29, 1.82) is 0 Å². The van der Waals surface area contributed by atoms with E-state index in [9.17, 15) is 0 Å². The smallest absolute Gasteiger partial charge is 0.131 e. The molecule has 1 heterocycles. The summed E-state index contributed by atoms with van der Waals surface area (Å²) >= 11 is 0. The highest BCUT2D eigenvalue weighted by Crippen LogP contribution is 2.20. The van der Waals surface area contributed by atoms with Crippen LogP contribution in [-0.2, 0) is 6.54 Å². The minimum atomic E-state index is 0.371. The third-order valence-electron chi connectivity index (χ3n) is 3.03. The summed E-state index contributed by atoms with van der Waals surface area (Å²) in [5.74, 6) is 1.30. The van der Waals surface area contributed by atoms with Crippen molar-refractivity contribution < 1.29 is 0 Å². The molecule has 0 aromatic carbocycles. The summed E-state index contributed by atoms with van der Waals surface area (Å²) in [4.78, 5) is 11.5. The normalized spacial score (nSPS) is 11.0. The van der Waals surface area contributed by atoms with Crippen LogP contribution in [0.15, 0.2) is 6.20 Å². The zero-order valence-corrected chi connectivity index (χ0v) is 12.3. The average Bonchev–Trinajstić information content (AvgIpc) is 2.38. The van der Waals surface area contributed by atoms with Crippen LogP contribution in [0.25, 0.3) is 0 Å². The molecule has 0 atom stereocenters. The van der Waals surface area contributed by atoms with E-state index in [1.807, 2.05) is 6.20 Å². The highest BCUT2D eigenvalue weighted by molar-refractivity contribution is 5.49. The average molecular weight is 250 g/mol. The van der Waals surface area contributed by atoms with E-state index in [1.54, 1.807) is 0 Å². The molecule has 0 saturated heterocycles. The van der Waals surface area contributed by atoms with E-state index < -0.39 is 0 Å². The molecule has 0 unspecified atom stereocenters. The molecular formula is C14H26N4. The number of nitrogens with one attached hydrogen (secondary N) is 1. The molecule has 0 fully saturated rings. The van der Waals surface area contributed by atoms with Crippen LogP contribution in [0.1, 0.15) is 52.1 Å². The van der Waals surface area contributed by atoms with Crippen LogP contribution in [0.5, 0.6) is 0 Å². The first-order valence-corrected chi connectivity index (χ1v) is 6.95. The Balaban J connectivity index is 3.07. The summed E-state index contributed by atoms with van der Waals surface area (Å²) in [6.07, 6.45) is 1.97. The van der Waals surface area contributed by atoms with Crippen LogP contribution >= 0.6 is 0 Å². The molecule has 0 spiro atoms. The Morgan fingerprint density at radius 1 is 1.22 bits per heavy atom. The first kappa shape index (κ1) is 14.9. The minimum Gasteiger partial charge on any atom is -0.369 e. The van der Waals surface area contributed by atoms with Gasteiger partial charge in [0.2, 0.25) is 0 Å². The number of rotatable bonds is 7. The van der Waals surface area contributed by atoms with Crippen LogP contribution in [-0.4, -0.2) is 29.6 Å². The van der Waals surface area contributed by atoms with Crippen molar-refractivity contribution in [3.05, 3.63) is 17.7 Å². The van der Waals surface area contributed by atoms with Crippen LogP contribution in [0, 0.1) is 0 Å². The second-order valence-corrected chi connectivity index (χ2v) is 4.67. The van der Waals surface area contributed by atoms with Crippen LogP contribution in [0.3, 0.4) is 0 Å². The first-order chi connectivity index (χ1) is 8.63. The number of anilines is 1. The van der Waals surface area contributed by atoms with Gasteiger partial charge in [0.05, 0.1) is 17.6 Å². The maximum absolute atomic E-state index is 4.71. The fourth-order valence-electron chi connectivity index (χ4n) is 1.91. The van der Waals surface area contributed by atoms with Gasteiger partial charge in [-0.25, -0.2) is 9.97 Å². The van der Waals surface area contributed by atoms with Crippen molar-refractivity contribution >= 4 is 5.69 Å². The zero-order chi connectivity index (χ0) is 13.5. The van der Waals surface area contributed by atoms with Gasteiger partial charge in [-0.05, 0) is 20.4 Å². The second-order valence-electron chi connectivity index (χ2n) is 4.67. The monoisotopic (exact) mass is 250 g/mol. The van der Waals surface area contributed by atoms with Crippen molar-refractivity contribution in [3.8, 4) is 0 Å². The summed E-state index contributed by atoms with van der Waals surface area (Å²) in [5.41, 5.74) is 2.27. The number of nitrogens with zero attached hydrogens (tertiary/aromatic N) is 3. The van der Waals surface area contributed by atoms with Crippen LogP contribution in [0.4, 0.5) is 5.69 Å². The van der Waals surface area contributed by atoms with E-state index in [4.69, 9.17) is 4.98 Å². The number of hydrogen-bond acceptors (Lipinski definition) is 4. The molecule has 0 saturated carbocycles. The molecule has 0 bridgehead atoms. The predicted octanol–water partition coefficient (Wildman–Crippen LogP) is 2.56. The molecule has 0 aliphatic carbocycles. The molecule has 0 aliphatic rings. The molecular weight excluding hydrogens is 224 g/mol. The van der Waals surface area contributed by atoms with Crippen LogP contribution in [0.2, 0.25) is 0 Å². The lowest BCUT2D eigenvalue weighted by Gasteiger charge is -2.23. The lowest BCUT2D eigenvalue weighted by atomic mass is 10.2. The van der Waals surface area contributed by atoms with E-state index in [2.05, 4.69) is 49.8 Å². The van der Waals surface area contributed by atoms with Gasteiger partial charge in [-0.2, -0.15) is 0 Å². The molecule has 1 aromatic heterocycles. The number of hydrogen-bond donors (Lipinski definition) is 1. The SMILES string of the molecule is CCNCc1nc(C(C)C)ncc1N(CC)CC. The Hall–Kier alpha value is -1.16. The zero-order valence-electron chi connectivity index (χ0n) is 12.3. The van der Waals surface area contributed by atoms with Crippen molar-refractivity contribution in [2.45, 2.75) is 47.1 Å². The molecule has 0 amide bonds. The Morgan fingerprint density at radius 3 is 2.39 bits per heavy atom. The molecule has 4 nitrogen and oxygen atoms in total. The molecule has 0 radical (unpaired) electrons. The van der Waals surface area contributed by atoms with Gasteiger partial charge < -0.3 is 10.2 Å². The van der Waals surface area contributed by atoms with E-state index in [0.29, 0.717) is 5.92 Å². The summed E-state index contributed by atoms with van der Waals surface area (Å²) in [6.45, 7) is 14.4. The van der Waals surface area contributed by atoms with Gasteiger partial charge in [-0.3, -0.25) is 0 Å². The Labute approximate surface area is 111 Å². The molecule has 102 valence electrons. The molecule has 18 heavy (non-hydrogen) atoms. The van der Waals surface area contributed by atoms with Crippen molar-refractivity contribution in [1.82, 2.24) is 15.3 Å². The van der Waals surface area contributed by atoms with Gasteiger partial charge in [0, 0.05) is 25.6 Å². The minimum absolute atomic E-state index is 0.371. The van der Waals surface area contributed by atoms with Gasteiger partial charge >= 0.3 is 0 Å². The largest absolute Gasteiger partial charge is 0.369 e. The summed E-state index contributed by atoms with van der Waals surface area (Å²) in [7, 11) is 0. The highest BCUT2D eigenvalue weighted by Gasteiger charge is 2.13. The number of aromatic nitrogens is 2. The highest BCUT2D eigenvalue weighted by atomic mass is 15.1. The van der Waals surface area contributed by atoms with Gasteiger partial charge in [0.1, 0.15) is 5.82 Å². The summed E-state index contributed by atoms with van der Waals surface area (Å²) in [6, 6.07) is 0. The fourth-order valence-corrected chi connectivity index (χ4v) is 1.91.